The second-order valence-corrected chi connectivity index (χ2v) is 4.60. The number of nitrogens with zero attached hydrogens (tertiary/aromatic N) is 2. The van der Waals surface area contributed by atoms with Crippen LogP contribution in [0.2, 0.25) is 0 Å². The van der Waals surface area contributed by atoms with Crippen LogP contribution in [-0.2, 0) is 11.2 Å². The molecule has 1 aromatic heterocycles. The summed E-state index contributed by atoms with van der Waals surface area (Å²) in [6, 6.07) is 13.2. The molecule has 0 radical (unpaired) electrons. The lowest BCUT2D eigenvalue weighted by atomic mass is 10.0. The molecule has 100 valence electrons. The average molecular weight is 265 g/mol. The third-order valence-corrected chi connectivity index (χ3v) is 2.98. The van der Waals surface area contributed by atoms with Crippen LogP contribution in [0.1, 0.15) is 11.1 Å². The van der Waals surface area contributed by atoms with Gasteiger partial charge in [0.25, 0.3) is 0 Å². The largest absolute Gasteiger partial charge is 0.325 e. The van der Waals surface area contributed by atoms with Crippen molar-refractivity contribution < 1.29 is 4.79 Å². The van der Waals surface area contributed by atoms with E-state index in [1.165, 1.54) is 0 Å². The fourth-order valence-electron chi connectivity index (χ4n) is 1.82. The molecule has 20 heavy (non-hydrogen) atoms. The number of carbonyl (C=O) groups is 1. The molecule has 2 aromatic rings. The number of pyridine rings is 1. The first-order valence-corrected chi connectivity index (χ1v) is 6.35. The van der Waals surface area contributed by atoms with Crippen LogP contribution in [0.4, 0.5) is 5.69 Å². The van der Waals surface area contributed by atoms with Gasteiger partial charge in [0.15, 0.2) is 0 Å². The Morgan fingerprint density at radius 3 is 2.50 bits per heavy atom. The highest BCUT2D eigenvalue weighted by Crippen LogP contribution is 2.13. The molecule has 0 aliphatic carbocycles. The molecule has 1 aromatic carbocycles. The lowest BCUT2D eigenvalue weighted by Gasteiger charge is -2.10. The normalized spacial score (nSPS) is 11.4. The number of aryl methyl sites for hydroxylation is 1. The Balaban J connectivity index is 2.03. The fraction of sp³-hybridized carbons (Fsp3) is 0.188. The Hall–Kier alpha value is -2.67. The van der Waals surface area contributed by atoms with E-state index in [0.29, 0.717) is 12.1 Å². The maximum Gasteiger partial charge on any atom is 0.242 e. The van der Waals surface area contributed by atoms with Gasteiger partial charge in [0.05, 0.1) is 6.07 Å². The molecule has 0 saturated carbocycles. The fourth-order valence-corrected chi connectivity index (χ4v) is 1.82. The molecule has 4 nitrogen and oxygen atoms in total. The van der Waals surface area contributed by atoms with Crippen LogP contribution in [0.3, 0.4) is 0 Å². The molecular weight excluding hydrogens is 250 g/mol. The van der Waals surface area contributed by atoms with E-state index in [1.54, 1.807) is 12.4 Å². The van der Waals surface area contributed by atoms with Gasteiger partial charge in [-0.15, -0.1) is 0 Å². The Kier molecular flexibility index (Phi) is 4.46. The highest BCUT2D eigenvalue weighted by atomic mass is 16.1. The van der Waals surface area contributed by atoms with Crippen LogP contribution in [0.15, 0.2) is 48.8 Å². The summed E-state index contributed by atoms with van der Waals surface area (Å²) in [5, 5.41) is 11.9. The number of hydrogen-bond acceptors (Lipinski definition) is 3. The van der Waals surface area contributed by atoms with Gasteiger partial charge in [0, 0.05) is 18.1 Å². The number of hydrogen-bond donors (Lipinski definition) is 1. The topological polar surface area (TPSA) is 65.8 Å². The molecule has 1 N–H and O–H groups in total. The number of amides is 1. The molecule has 4 heteroatoms. The molecule has 0 aliphatic rings. The second-order valence-electron chi connectivity index (χ2n) is 4.60. The summed E-state index contributed by atoms with van der Waals surface area (Å²) in [5.41, 5.74) is 2.75. The molecule has 1 heterocycles. The summed E-state index contributed by atoms with van der Waals surface area (Å²) in [6.07, 6.45) is 3.69. The highest BCUT2D eigenvalue weighted by molar-refractivity contribution is 5.94. The number of carbonyl (C=O) groups excluding carboxylic acids is 1. The molecule has 2 rings (SSSR count). The number of anilines is 1. The molecule has 0 unspecified atom stereocenters. The minimum absolute atomic E-state index is 0.284. The summed E-state index contributed by atoms with van der Waals surface area (Å²) >= 11 is 0. The van der Waals surface area contributed by atoms with Crippen LogP contribution in [-0.4, -0.2) is 10.9 Å². The molecule has 1 amide bonds. The van der Waals surface area contributed by atoms with Crippen molar-refractivity contribution in [2.75, 3.05) is 5.32 Å². The molecule has 0 bridgehead atoms. The summed E-state index contributed by atoms with van der Waals surface area (Å²) in [7, 11) is 0. The van der Waals surface area contributed by atoms with Crippen molar-refractivity contribution in [3.8, 4) is 6.07 Å². The zero-order valence-electron chi connectivity index (χ0n) is 11.2. The van der Waals surface area contributed by atoms with Crippen molar-refractivity contribution in [1.29, 1.82) is 5.26 Å². The van der Waals surface area contributed by atoms with E-state index in [2.05, 4.69) is 10.3 Å². The lowest BCUT2D eigenvalue weighted by molar-refractivity contribution is -0.118. The van der Waals surface area contributed by atoms with Gasteiger partial charge in [0.1, 0.15) is 5.92 Å². The van der Waals surface area contributed by atoms with Gasteiger partial charge in [-0.2, -0.15) is 5.26 Å². The van der Waals surface area contributed by atoms with Gasteiger partial charge in [-0.1, -0.05) is 17.7 Å². The first-order valence-electron chi connectivity index (χ1n) is 6.35. The van der Waals surface area contributed by atoms with E-state index in [9.17, 15) is 4.79 Å². The zero-order valence-corrected chi connectivity index (χ0v) is 11.2. The molecule has 1 atom stereocenters. The van der Waals surface area contributed by atoms with Crippen molar-refractivity contribution in [2.45, 2.75) is 13.3 Å². The Morgan fingerprint density at radius 1 is 1.25 bits per heavy atom. The van der Waals surface area contributed by atoms with Crippen LogP contribution >= 0.6 is 0 Å². The van der Waals surface area contributed by atoms with E-state index < -0.39 is 5.92 Å². The summed E-state index contributed by atoms with van der Waals surface area (Å²) in [5.74, 6) is -0.994. The average Bonchev–Trinajstić information content (AvgIpc) is 2.48. The van der Waals surface area contributed by atoms with Crippen molar-refractivity contribution in [3.05, 3.63) is 59.9 Å². The lowest BCUT2D eigenvalue weighted by Crippen LogP contribution is -2.23. The molecule has 0 saturated heterocycles. The minimum Gasteiger partial charge on any atom is -0.325 e. The van der Waals surface area contributed by atoms with E-state index in [0.717, 1.165) is 11.1 Å². The number of nitrogens with one attached hydrogen (secondary N) is 1. The van der Waals surface area contributed by atoms with Crippen LogP contribution in [0.5, 0.6) is 0 Å². The summed E-state index contributed by atoms with van der Waals surface area (Å²) in [6.45, 7) is 1.98. The van der Waals surface area contributed by atoms with Crippen LogP contribution in [0.25, 0.3) is 0 Å². The Labute approximate surface area is 118 Å². The monoisotopic (exact) mass is 265 g/mol. The van der Waals surface area contributed by atoms with Gasteiger partial charge in [-0.3, -0.25) is 9.78 Å². The predicted octanol–water partition coefficient (Wildman–Crippen LogP) is 2.71. The number of benzene rings is 1. The molecule has 0 aliphatic heterocycles. The quantitative estimate of drug-likeness (QED) is 0.924. The van der Waals surface area contributed by atoms with E-state index >= 15 is 0 Å². The zero-order chi connectivity index (χ0) is 14.4. The molecule has 0 spiro atoms. The predicted molar refractivity (Wildman–Crippen MR) is 76.9 cm³/mol. The van der Waals surface area contributed by atoms with Gasteiger partial charge >= 0.3 is 0 Å². The maximum absolute atomic E-state index is 12.1. The number of nitriles is 1. The highest BCUT2D eigenvalue weighted by Gasteiger charge is 2.18. The molecule has 0 fully saturated rings. The van der Waals surface area contributed by atoms with Gasteiger partial charge in [-0.25, -0.2) is 0 Å². The van der Waals surface area contributed by atoms with Crippen molar-refractivity contribution in [3.63, 3.8) is 0 Å². The third-order valence-electron chi connectivity index (χ3n) is 2.98. The van der Waals surface area contributed by atoms with Crippen molar-refractivity contribution >= 4 is 11.6 Å². The van der Waals surface area contributed by atoms with Gasteiger partial charge in [-0.05, 0) is 43.2 Å². The summed E-state index contributed by atoms with van der Waals surface area (Å²) in [4.78, 5) is 16.0. The second kappa shape index (κ2) is 6.48. The number of rotatable bonds is 4. The van der Waals surface area contributed by atoms with Crippen molar-refractivity contribution in [2.24, 2.45) is 5.92 Å². The minimum atomic E-state index is -0.710. The SMILES string of the molecule is Cc1ccc(NC(=O)[C@@H](C#N)Cc2ccncc2)cc1. The summed E-state index contributed by atoms with van der Waals surface area (Å²) < 4.78 is 0. The molecular formula is C16H15N3O. The third kappa shape index (κ3) is 3.66. The first kappa shape index (κ1) is 13.8. The van der Waals surface area contributed by atoms with E-state index in [4.69, 9.17) is 5.26 Å². The Morgan fingerprint density at radius 2 is 1.90 bits per heavy atom. The smallest absolute Gasteiger partial charge is 0.242 e. The Bertz CT molecular complexity index is 614. The standard InChI is InChI=1S/C16H15N3O/c1-12-2-4-15(5-3-12)19-16(20)14(11-17)10-13-6-8-18-9-7-13/h2-9,14H,10H2,1H3,(H,19,20)/t14-/m1/s1. The first-order chi connectivity index (χ1) is 9.69. The van der Waals surface area contributed by atoms with E-state index in [-0.39, 0.29) is 5.91 Å². The maximum atomic E-state index is 12.1. The van der Waals surface area contributed by atoms with Crippen LogP contribution in [0, 0.1) is 24.2 Å². The van der Waals surface area contributed by atoms with Gasteiger partial charge < -0.3 is 5.32 Å². The van der Waals surface area contributed by atoms with Gasteiger partial charge in [0.2, 0.25) is 5.91 Å². The van der Waals surface area contributed by atoms with E-state index in [1.807, 2.05) is 49.4 Å². The van der Waals surface area contributed by atoms with Crippen molar-refractivity contribution in [1.82, 2.24) is 4.98 Å². The van der Waals surface area contributed by atoms with Crippen LogP contribution < -0.4 is 5.32 Å². The number of aromatic nitrogens is 1.